The van der Waals surface area contributed by atoms with E-state index in [2.05, 4.69) is 43.8 Å². The van der Waals surface area contributed by atoms with Crippen LogP contribution in [0.4, 0.5) is 5.69 Å². The smallest absolute Gasteiger partial charge is 0.151 e. The second kappa shape index (κ2) is 5.66. The highest BCUT2D eigenvalue weighted by molar-refractivity contribution is 7.12. The van der Waals surface area contributed by atoms with Crippen LogP contribution in [0.1, 0.15) is 13.3 Å². The summed E-state index contributed by atoms with van der Waals surface area (Å²) in [5.41, 5.74) is 4.77. The molecule has 114 valence electrons. The van der Waals surface area contributed by atoms with E-state index < -0.39 is 0 Å². The van der Waals surface area contributed by atoms with E-state index in [1.807, 2.05) is 12.4 Å². The van der Waals surface area contributed by atoms with E-state index in [1.54, 1.807) is 5.51 Å². The maximum Gasteiger partial charge on any atom is 0.151 e. The Morgan fingerprint density at radius 3 is 3.14 bits per heavy atom. The summed E-state index contributed by atoms with van der Waals surface area (Å²) < 4.78 is 0. The fraction of sp³-hybridized carbons (Fsp3) is 0.400. The molecular weight excluding hydrogens is 296 g/mol. The van der Waals surface area contributed by atoms with Gasteiger partial charge in [-0.25, -0.2) is 4.98 Å². The Morgan fingerprint density at radius 1 is 1.36 bits per heavy atom. The molecule has 0 aliphatic carbocycles. The number of piperidine rings is 1. The standard InChI is InChI=1S/C15H18N6S/c1-9-4-10(6-16-5-9)20-13-11-2-3-17-14(11)18-7-12(13)15-21-19-8-22-15/h2-3,7-10,16H,4-6H2,1H3,(H2,17,18,20)/t9-,10?/m0/s1. The van der Waals surface area contributed by atoms with Crippen LogP contribution < -0.4 is 10.6 Å². The molecule has 0 amide bonds. The normalized spacial score (nSPS) is 22.0. The number of pyridine rings is 1. The second-order valence-corrected chi connectivity index (χ2v) is 6.70. The van der Waals surface area contributed by atoms with Gasteiger partial charge in [-0.1, -0.05) is 18.3 Å². The number of aromatic amines is 1. The van der Waals surface area contributed by atoms with E-state index in [9.17, 15) is 0 Å². The molecule has 3 N–H and O–H groups in total. The maximum atomic E-state index is 4.49. The highest BCUT2D eigenvalue weighted by atomic mass is 32.1. The number of anilines is 1. The molecule has 22 heavy (non-hydrogen) atoms. The van der Waals surface area contributed by atoms with E-state index in [1.165, 1.54) is 11.3 Å². The van der Waals surface area contributed by atoms with Crippen molar-refractivity contribution in [2.45, 2.75) is 19.4 Å². The van der Waals surface area contributed by atoms with Crippen LogP contribution in [0.2, 0.25) is 0 Å². The van der Waals surface area contributed by atoms with Crippen LogP contribution >= 0.6 is 11.3 Å². The van der Waals surface area contributed by atoms with E-state index in [0.29, 0.717) is 12.0 Å². The van der Waals surface area contributed by atoms with Crippen LogP contribution in [-0.2, 0) is 0 Å². The average Bonchev–Trinajstić information content (AvgIpc) is 3.19. The van der Waals surface area contributed by atoms with Gasteiger partial charge >= 0.3 is 0 Å². The summed E-state index contributed by atoms with van der Waals surface area (Å²) in [6, 6.07) is 2.48. The third kappa shape index (κ3) is 2.46. The van der Waals surface area contributed by atoms with Crippen molar-refractivity contribution in [3.05, 3.63) is 24.0 Å². The first-order valence-electron chi connectivity index (χ1n) is 7.51. The van der Waals surface area contributed by atoms with E-state index in [4.69, 9.17) is 0 Å². The van der Waals surface area contributed by atoms with Crippen molar-refractivity contribution in [3.63, 3.8) is 0 Å². The first-order valence-corrected chi connectivity index (χ1v) is 8.39. The topological polar surface area (TPSA) is 78.5 Å². The molecule has 7 heteroatoms. The molecule has 3 aromatic heterocycles. The van der Waals surface area contributed by atoms with Crippen LogP contribution in [0, 0.1) is 5.92 Å². The molecule has 1 aliphatic heterocycles. The summed E-state index contributed by atoms with van der Waals surface area (Å²) in [7, 11) is 0. The number of aromatic nitrogens is 4. The Bertz CT molecular complexity index is 766. The maximum absolute atomic E-state index is 4.49. The number of nitrogens with zero attached hydrogens (tertiary/aromatic N) is 3. The SMILES string of the molecule is C[C@@H]1CNCC(Nc2c(-c3nncs3)cnc3[nH]ccc23)C1. The molecule has 1 unspecified atom stereocenters. The molecule has 0 saturated carbocycles. The van der Waals surface area contributed by atoms with Gasteiger partial charge in [0, 0.05) is 30.4 Å². The van der Waals surface area contributed by atoms with Crippen molar-refractivity contribution in [2.24, 2.45) is 5.92 Å². The van der Waals surface area contributed by atoms with Gasteiger partial charge in [0.2, 0.25) is 0 Å². The predicted molar refractivity (Wildman–Crippen MR) is 89.1 cm³/mol. The Hall–Kier alpha value is -1.99. The lowest BCUT2D eigenvalue weighted by molar-refractivity contribution is 0.378. The molecule has 1 aliphatic rings. The number of hydrogen-bond donors (Lipinski definition) is 3. The van der Waals surface area contributed by atoms with Gasteiger partial charge in [0.1, 0.15) is 11.2 Å². The van der Waals surface area contributed by atoms with Crippen LogP contribution in [0.3, 0.4) is 0 Å². The monoisotopic (exact) mass is 314 g/mol. The Balaban J connectivity index is 1.76. The van der Waals surface area contributed by atoms with Crippen molar-refractivity contribution in [3.8, 4) is 10.6 Å². The summed E-state index contributed by atoms with van der Waals surface area (Å²) in [6.45, 7) is 4.36. The van der Waals surface area contributed by atoms with E-state index >= 15 is 0 Å². The molecule has 4 rings (SSSR count). The lowest BCUT2D eigenvalue weighted by Crippen LogP contribution is -2.42. The minimum absolute atomic E-state index is 0.413. The molecule has 2 atom stereocenters. The Morgan fingerprint density at radius 2 is 2.32 bits per heavy atom. The van der Waals surface area contributed by atoms with Crippen LogP contribution in [0.15, 0.2) is 24.0 Å². The number of rotatable bonds is 3. The lowest BCUT2D eigenvalue weighted by atomic mass is 9.97. The summed E-state index contributed by atoms with van der Waals surface area (Å²) in [5.74, 6) is 0.680. The molecule has 0 bridgehead atoms. The fourth-order valence-corrected chi connectivity index (χ4v) is 3.66. The van der Waals surface area contributed by atoms with Gasteiger partial charge in [-0.2, -0.15) is 0 Å². The van der Waals surface area contributed by atoms with Gasteiger partial charge in [0.15, 0.2) is 5.01 Å². The summed E-state index contributed by atoms with van der Waals surface area (Å²) in [5, 5.41) is 17.4. The molecule has 0 radical (unpaired) electrons. The summed E-state index contributed by atoms with van der Waals surface area (Å²) in [4.78, 5) is 7.67. The van der Waals surface area contributed by atoms with Crippen LogP contribution in [-0.4, -0.2) is 39.3 Å². The molecule has 1 fully saturated rings. The highest BCUT2D eigenvalue weighted by Gasteiger charge is 2.21. The minimum Gasteiger partial charge on any atom is -0.380 e. The zero-order valence-electron chi connectivity index (χ0n) is 12.3. The minimum atomic E-state index is 0.413. The van der Waals surface area contributed by atoms with Crippen LogP contribution in [0.5, 0.6) is 0 Å². The summed E-state index contributed by atoms with van der Waals surface area (Å²) >= 11 is 1.54. The quantitative estimate of drug-likeness (QED) is 0.692. The third-order valence-corrected chi connectivity index (χ3v) is 4.82. The number of fused-ring (bicyclic) bond motifs is 1. The van der Waals surface area contributed by atoms with Gasteiger partial charge in [-0.15, -0.1) is 10.2 Å². The highest BCUT2D eigenvalue weighted by Crippen LogP contribution is 2.35. The molecule has 0 spiro atoms. The van der Waals surface area contributed by atoms with Crippen molar-refractivity contribution in [2.75, 3.05) is 18.4 Å². The van der Waals surface area contributed by atoms with Gasteiger partial charge in [0.25, 0.3) is 0 Å². The zero-order valence-corrected chi connectivity index (χ0v) is 13.2. The van der Waals surface area contributed by atoms with Crippen molar-refractivity contribution in [1.29, 1.82) is 0 Å². The van der Waals surface area contributed by atoms with E-state index in [-0.39, 0.29) is 0 Å². The van der Waals surface area contributed by atoms with Crippen molar-refractivity contribution < 1.29 is 0 Å². The molecule has 4 heterocycles. The molecular formula is C15H18N6S. The van der Waals surface area contributed by atoms with Gasteiger partial charge in [0.05, 0.1) is 11.3 Å². The van der Waals surface area contributed by atoms with E-state index in [0.717, 1.165) is 46.8 Å². The first-order chi connectivity index (χ1) is 10.8. The molecule has 6 nitrogen and oxygen atoms in total. The Kier molecular flexibility index (Phi) is 3.51. The number of H-pyrrole nitrogens is 1. The van der Waals surface area contributed by atoms with Crippen molar-refractivity contribution in [1.82, 2.24) is 25.5 Å². The summed E-state index contributed by atoms with van der Waals surface area (Å²) in [6.07, 6.45) is 4.96. The average molecular weight is 314 g/mol. The predicted octanol–water partition coefficient (Wildman–Crippen LogP) is 2.49. The fourth-order valence-electron chi connectivity index (χ4n) is 3.09. The van der Waals surface area contributed by atoms with Crippen LogP contribution in [0.25, 0.3) is 21.6 Å². The lowest BCUT2D eigenvalue weighted by Gasteiger charge is -2.30. The number of nitrogens with one attached hydrogen (secondary N) is 3. The molecule has 1 saturated heterocycles. The number of hydrogen-bond acceptors (Lipinski definition) is 6. The molecule has 3 aromatic rings. The van der Waals surface area contributed by atoms with Gasteiger partial charge in [-0.3, -0.25) is 0 Å². The second-order valence-electron chi connectivity index (χ2n) is 5.87. The Labute approximate surface area is 132 Å². The van der Waals surface area contributed by atoms with Gasteiger partial charge in [-0.05, 0) is 24.9 Å². The van der Waals surface area contributed by atoms with Gasteiger partial charge < -0.3 is 15.6 Å². The first kappa shape index (κ1) is 13.7. The van der Waals surface area contributed by atoms with Crippen molar-refractivity contribution >= 4 is 28.1 Å². The largest absolute Gasteiger partial charge is 0.380 e. The zero-order chi connectivity index (χ0) is 14.9. The molecule has 0 aromatic carbocycles. The third-order valence-electron chi connectivity index (χ3n) is 4.10.